The lowest BCUT2D eigenvalue weighted by Gasteiger charge is -2.25. The van der Waals surface area contributed by atoms with E-state index in [1.54, 1.807) is 0 Å². The van der Waals surface area contributed by atoms with E-state index in [0.29, 0.717) is 6.42 Å². The van der Waals surface area contributed by atoms with Crippen LogP contribution in [0, 0.1) is 0 Å². The van der Waals surface area contributed by atoms with Crippen LogP contribution in [0.15, 0.2) is 0 Å². The molecule has 1 aliphatic heterocycles. The third-order valence-electron chi connectivity index (χ3n) is 1.78. The summed E-state index contributed by atoms with van der Waals surface area (Å²) in [5.74, 6) is -0.351. The van der Waals surface area contributed by atoms with Gasteiger partial charge in [-0.1, -0.05) is 0 Å². The lowest BCUT2D eigenvalue weighted by Crippen LogP contribution is -2.33. The lowest BCUT2D eigenvalue weighted by atomic mass is 10.2. The number of nitrogens with zero attached hydrogens (tertiary/aromatic N) is 1. The Morgan fingerprint density at radius 2 is 2.07 bits per heavy atom. The van der Waals surface area contributed by atoms with Gasteiger partial charge in [0.2, 0.25) is 14.0 Å². The molecule has 1 aliphatic rings. The van der Waals surface area contributed by atoms with Gasteiger partial charge in [0, 0.05) is 13.0 Å². The van der Waals surface area contributed by atoms with Crippen LogP contribution in [0.5, 0.6) is 0 Å². The average Bonchev–Trinajstić information content (AvgIpc) is 2.01. The van der Waals surface area contributed by atoms with Crippen molar-refractivity contribution in [3.8, 4) is 0 Å². The summed E-state index contributed by atoms with van der Waals surface area (Å²) in [5.41, 5.74) is 0. The highest BCUT2D eigenvalue weighted by Gasteiger charge is 2.24. The minimum Gasteiger partial charge on any atom is -0.285 e. The number of hydrogen-bond acceptors (Lipinski definition) is 4. The van der Waals surface area contributed by atoms with Crippen LogP contribution in [-0.2, 0) is 19.7 Å². The van der Waals surface area contributed by atoms with Crippen molar-refractivity contribution in [3.05, 3.63) is 0 Å². The third kappa shape index (κ3) is 3.38. The maximum absolute atomic E-state index is 11.3. The van der Waals surface area contributed by atoms with Crippen LogP contribution in [0.3, 0.4) is 0 Å². The first-order valence-electron chi connectivity index (χ1n) is 4.00. The summed E-state index contributed by atoms with van der Waals surface area (Å²) in [6.45, 7) is 0.263. The Kier molecular flexibility index (Phi) is 3.65. The first-order valence-corrected chi connectivity index (χ1v) is 6.79. The van der Waals surface area contributed by atoms with Gasteiger partial charge >= 0.3 is 10.3 Å². The van der Waals surface area contributed by atoms with Gasteiger partial charge in [-0.05, 0) is 12.8 Å². The van der Waals surface area contributed by atoms with Crippen LogP contribution in [0.1, 0.15) is 19.3 Å². The normalized spacial score (nSPS) is 20.9. The second kappa shape index (κ2) is 4.39. The molecule has 0 aromatic rings. The van der Waals surface area contributed by atoms with E-state index in [1.165, 1.54) is 4.49 Å². The first kappa shape index (κ1) is 11.6. The molecule has 1 rings (SSSR count). The van der Waals surface area contributed by atoms with E-state index in [-0.39, 0.29) is 18.9 Å². The van der Waals surface area contributed by atoms with Gasteiger partial charge in [-0.2, -0.15) is 8.42 Å². The van der Waals surface area contributed by atoms with E-state index >= 15 is 0 Å². The first-order chi connectivity index (χ1) is 6.40. The van der Waals surface area contributed by atoms with E-state index in [0.717, 1.165) is 11.1 Å². The Balaban J connectivity index is 2.64. The van der Waals surface area contributed by atoms with Gasteiger partial charge in [0.1, 0.15) is 0 Å². The molecule has 1 unspecified atom stereocenters. The summed E-state index contributed by atoms with van der Waals surface area (Å²) < 4.78 is 42.7. The molecule has 1 heterocycles. The minimum atomic E-state index is -4.51. The summed E-state index contributed by atoms with van der Waals surface area (Å²) in [6, 6.07) is 0. The van der Waals surface area contributed by atoms with Crippen LogP contribution in [0.4, 0.5) is 0 Å². The molecule has 0 saturated carbocycles. The van der Waals surface area contributed by atoms with Crippen LogP contribution in [-0.4, -0.2) is 30.1 Å². The fraction of sp³-hybridized carbons (Fsp3) is 0.800. The summed E-state index contributed by atoms with van der Waals surface area (Å²) in [5, 5.41) is 0. The molecule has 1 fully saturated rings. The van der Waals surface area contributed by atoms with E-state index in [1.807, 2.05) is 0 Å². The van der Waals surface area contributed by atoms with Crippen LogP contribution >= 0.6 is 8.10 Å². The Bertz CT molecular complexity index is 353. The van der Waals surface area contributed by atoms with Crippen LogP contribution in [0.2, 0.25) is 0 Å². The van der Waals surface area contributed by atoms with Gasteiger partial charge in [-0.25, -0.2) is 0 Å². The van der Waals surface area contributed by atoms with Gasteiger partial charge < -0.3 is 0 Å². The summed E-state index contributed by atoms with van der Waals surface area (Å²) in [4.78, 5) is 11.2. The standard InChI is InChI=1S/C5H11N2O5PS/c8-5-3-1-2-4-7(5)13(9)6-14(10,11)12/h13H,1-4H2,(H,6,9)(H,10,11,12). The van der Waals surface area contributed by atoms with Gasteiger partial charge in [0.05, 0.1) is 0 Å². The van der Waals surface area contributed by atoms with Crippen LogP contribution < -0.4 is 4.49 Å². The largest absolute Gasteiger partial charge is 0.340 e. The van der Waals surface area contributed by atoms with E-state index in [2.05, 4.69) is 0 Å². The number of carbonyl (C=O) groups excluding carboxylic acids is 1. The topological polar surface area (TPSA) is 104 Å². The van der Waals surface area contributed by atoms with Gasteiger partial charge in [0.25, 0.3) is 0 Å². The van der Waals surface area contributed by atoms with Crippen molar-refractivity contribution in [3.63, 3.8) is 0 Å². The molecule has 0 spiro atoms. The molecular weight excluding hydrogens is 231 g/mol. The van der Waals surface area contributed by atoms with Crippen molar-refractivity contribution in [1.29, 1.82) is 0 Å². The van der Waals surface area contributed by atoms with Crippen LogP contribution in [0.25, 0.3) is 0 Å². The van der Waals surface area contributed by atoms with E-state index in [4.69, 9.17) is 4.55 Å². The highest BCUT2D eigenvalue weighted by atomic mass is 32.2. The molecule has 82 valence electrons. The number of piperidine rings is 1. The predicted molar refractivity (Wildman–Crippen MR) is 49.2 cm³/mol. The maximum Gasteiger partial charge on any atom is 0.340 e. The van der Waals surface area contributed by atoms with Gasteiger partial charge in [-0.3, -0.25) is 18.6 Å². The fourth-order valence-corrected chi connectivity index (χ4v) is 3.21. The van der Waals surface area contributed by atoms with E-state index in [9.17, 15) is 17.8 Å². The molecular formula is C5H11N2O5PS. The molecule has 0 radical (unpaired) electrons. The van der Waals surface area contributed by atoms with Crippen molar-refractivity contribution >= 4 is 24.3 Å². The summed E-state index contributed by atoms with van der Waals surface area (Å²) in [6.07, 6.45) is 1.68. The SMILES string of the molecule is O=C1CCCCN1[PH](=O)NS(=O)(=O)O. The number of hydrogen-bond donors (Lipinski definition) is 2. The number of rotatable bonds is 3. The quantitative estimate of drug-likeness (QED) is 0.526. The zero-order valence-electron chi connectivity index (χ0n) is 7.26. The Labute approximate surface area is 82.2 Å². The van der Waals surface area contributed by atoms with Crippen molar-refractivity contribution in [1.82, 2.24) is 9.16 Å². The van der Waals surface area contributed by atoms with Gasteiger partial charge in [-0.15, -0.1) is 4.49 Å². The zero-order chi connectivity index (χ0) is 10.8. The molecule has 0 aromatic carbocycles. The van der Waals surface area contributed by atoms with E-state index < -0.39 is 18.4 Å². The molecule has 9 heteroatoms. The Hall–Kier alpha value is -0.430. The molecule has 7 nitrogen and oxygen atoms in total. The smallest absolute Gasteiger partial charge is 0.285 e. The highest BCUT2D eigenvalue weighted by Crippen LogP contribution is 2.28. The summed E-state index contributed by atoms with van der Waals surface area (Å²) >= 11 is 0. The number of nitrogens with one attached hydrogen (secondary N) is 1. The Morgan fingerprint density at radius 1 is 1.43 bits per heavy atom. The monoisotopic (exact) mass is 242 g/mol. The molecule has 0 aromatic heterocycles. The maximum atomic E-state index is 11.3. The molecule has 0 aliphatic carbocycles. The highest BCUT2D eigenvalue weighted by molar-refractivity contribution is 7.88. The van der Waals surface area contributed by atoms with Crippen molar-refractivity contribution in [2.45, 2.75) is 19.3 Å². The van der Waals surface area contributed by atoms with Crippen molar-refractivity contribution in [2.24, 2.45) is 0 Å². The molecule has 14 heavy (non-hydrogen) atoms. The summed E-state index contributed by atoms with van der Waals surface area (Å²) in [7, 11) is -7.46. The molecule has 1 saturated heterocycles. The molecule has 1 atom stereocenters. The minimum absolute atomic E-state index is 0.263. The zero-order valence-corrected chi connectivity index (χ0v) is 9.08. The van der Waals surface area contributed by atoms with Gasteiger partial charge in [0.15, 0.2) is 0 Å². The second-order valence-corrected chi connectivity index (χ2v) is 5.80. The lowest BCUT2D eigenvalue weighted by molar-refractivity contribution is -0.128. The molecule has 1 amide bonds. The molecule has 0 bridgehead atoms. The second-order valence-electron chi connectivity index (χ2n) is 2.88. The molecule has 2 N–H and O–H groups in total. The van der Waals surface area contributed by atoms with Crippen molar-refractivity contribution in [2.75, 3.05) is 6.54 Å². The fourth-order valence-electron chi connectivity index (χ4n) is 1.19. The number of amides is 1. The Morgan fingerprint density at radius 3 is 2.57 bits per heavy atom. The number of carbonyl (C=O) groups is 1. The van der Waals surface area contributed by atoms with Crippen molar-refractivity contribution < 1.29 is 22.3 Å². The third-order valence-corrected chi connectivity index (χ3v) is 4.48. The predicted octanol–water partition coefficient (Wildman–Crippen LogP) is -0.219. The average molecular weight is 242 g/mol.